The Bertz CT molecular complexity index is 1090. The Balaban J connectivity index is 1.17. The standard InChI is InChI=1S/C30H38BNO5/c1-29(2)30(3,4)37-31(36-29)24-15-13-21(14-16-24)17-27(33)23-18-25-11-8-12-26(19-23)32(25)28(34)35-20-22-9-6-5-7-10-22/h5-7,9-10,13-16,23,25-26H,8,11-12,17-20H2,1-4H3. The average molecular weight is 503 g/mol. The smallest absolute Gasteiger partial charge is 0.445 e. The summed E-state index contributed by atoms with van der Waals surface area (Å²) in [6.45, 7) is 8.46. The van der Waals surface area contributed by atoms with Gasteiger partial charge in [-0.2, -0.15) is 0 Å². The fourth-order valence-corrected chi connectivity index (χ4v) is 5.85. The molecule has 3 fully saturated rings. The molecule has 5 rings (SSSR count). The normalized spacial score (nSPS) is 26.1. The maximum Gasteiger partial charge on any atom is 0.494 e. The molecule has 37 heavy (non-hydrogen) atoms. The first-order chi connectivity index (χ1) is 17.6. The summed E-state index contributed by atoms with van der Waals surface area (Å²) < 4.78 is 18.0. The number of Topliss-reactive ketones (excluding diaryl/α,β-unsaturated/α-hetero) is 1. The van der Waals surface area contributed by atoms with E-state index >= 15 is 0 Å². The van der Waals surface area contributed by atoms with Crippen molar-refractivity contribution in [1.82, 2.24) is 4.90 Å². The second-order valence-electron chi connectivity index (χ2n) is 11.8. The third-order valence-corrected chi connectivity index (χ3v) is 8.73. The molecule has 0 saturated carbocycles. The van der Waals surface area contributed by atoms with E-state index in [2.05, 4.69) is 0 Å². The fraction of sp³-hybridized carbons (Fsp3) is 0.533. The predicted molar refractivity (Wildman–Crippen MR) is 143 cm³/mol. The van der Waals surface area contributed by atoms with Gasteiger partial charge < -0.3 is 18.9 Å². The third-order valence-electron chi connectivity index (χ3n) is 8.73. The highest BCUT2D eigenvalue weighted by Crippen LogP contribution is 2.39. The maximum absolute atomic E-state index is 13.3. The second-order valence-corrected chi connectivity index (χ2v) is 11.8. The lowest BCUT2D eigenvalue weighted by Gasteiger charge is -2.47. The molecule has 3 aliphatic rings. The summed E-state index contributed by atoms with van der Waals surface area (Å²) in [5.74, 6) is 0.244. The minimum atomic E-state index is -0.403. The molecule has 0 N–H and O–H groups in total. The van der Waals surface area contributed by atoms with Crippen LogP contribution in [0.2, 0.25) is 0 Å². The summed E-state index contributed by atoms with van der Waals surface area (Å²) >= 11 is 0. The molecule has 2 aromatic rings. The number of amides is 1. The quantitative estimate of drug-likeness (QED) is 0.516. The van der Waals surface area contributed by atoms with Gasteiger partial charge in [0.15, 0.2) is 0 Å². The van der Waals surface area contributed by atoms with E-state index in [1.165, 1.54) is 0 Å². The number of carbonyl (C=O) groups is 2. The minimum Gasteiger partial charge on any atom is -0.445 e. The molecule has 2 unspecified atom stereocenters. The third kappa shape index (κ3) is 5.48. The van der Waals surface area contributed by atoms with Crippen molar-refractivity contribution in [2.75, 3.05) is 0 Å². The zero-order valence-corrected chi connectivity index (χ0v) is 22.4. The molecule has 3 heterocycles. The number of ketones is 1. The van der Waals surface area contributed by atoms with Crippen molar-refractivity contribution in [3.63, 3.8) is 0 Å². The first-order valence-electron chi connectivity index (χ1n) is 13.6. The van der Waals surface area contributed by atoms with Crippen LogP contribution in [0.5, 0.6) is 0 Å². The first-order valence-corrected chi connectivity index (χ1v) is 13.6. The number of ether oxygens (including phenoxy) is 1. The summed E-state index contributed by atoms with van der Waals surface area (Å²) in [4.78, 5) is 28.2. The van der Waals surface area contributed by atoms with Crippen LogP contribution in [-0.4, -0.2) is 47.2 Å². The molecule has 2 atom stereocenters. The van der Waals surface area contributed by atoms with E-state index < -0.39 is 7.12 Å². The molecule has 7 heteroatoms. The lowest BCUT2D eigenvalue weighted by atomic mass is 9.75. The fourth-order valence-electron chi connectivity index (χ4n) is 5.85. The second kappa shape index (κ2) is 10.3. The highest BCUT2D eigenvalue weighted by Gasteiger charge is 2.51. The van der Waals surface area contributed by atoms with Gasteiger partial charge in [0.05, 0.1) is 11.2 Å². The van der Waals surface area contributed by atoms with Crippen LogP contribution in [0.3, 0.4) is 0 Å². The van der Waals surface area contributed by atoms with Gasteiger partial charge in [-0.25, -0.2) is 4.79 Å². The van der Waals surface area contributed by atoms with Crippen molar-refractivity contribution in [3.8, 4) is 0 Å². The van der Waals surface area contributed by atoms with Crippen LogP contribution in [0.15, 0.2) is 54.6 Å². The number of piperidine rings is 2. The van der Waals surface area contributed by atoms with Crippen LogP contribution in [0.4, 0.5) is 4.79 Å². The van der Waals surface area contributed by atoms with E-state index in [1.54, 1.807) is 0 Å². The van der Waals surface area contributed by atoms with Gasteiger partial charge in [-0.1, -0.05) is 54.6 Å². The summed E-state index contributed by atoms with van der Waals surface area (Å²) in [6, 6.07) is 17.9. The van der Waals surface area contributed by atoms with Crippen molar-refractivity contribution in [2.45, 2.75) is 96.1 Å². The first kappa shape index (κ1) is 26.0. The number of rotatable bonds is 6. The molecular weight excluding hydrogens is 465 g/mol. The summed E-state index contributed by atoms with van der Waals surface area (Å²) in [5, 5.41) is 0. The summed E-state index contributed by atoms with van der Waals surface area (Å²) in [5.41, 5.74) is 2.18. The summed E-state index contributed by atoms with van der Waals surface area (Å²) in [7, 11) is -0.403. The zero-order valence-electron chi connectivity index (χ0n) is 22.4. The zero-order chi connectivity index (χ0) is 26.2. The van der Waals surface area contributed by atoms with Crippen molar-refractivity contribution in [3.05, 3.63) is 65.7 Å². The van der Waals surface area contributed by atoms with Gasteiger partial charge in [0.25, 0.3) is 0 Å². The van der Waals surface area contributed by atoms with Gasteiger partial charge in [0, 0.05) is 24.4 Å². The van der Waals surface area contributed by atoms with Crippen molar-refractivity contribution in [2.24, 2.45) is 5.92 Å². The predicted octanol–water partition coefficient (Wildman–Crippen LogP) is 5.07. The highest BCUT2D eigenvalue weighted by molar-refractivity contribution is 6.62. The Kier molecular flexibility index (Phi) is 7.21. The Labute approximate surface area is 220 Å². The van der Waals surface area contributed by atoms with E-state index in [4.69, 9.17) is 14.0 Å². The van der Waals surface area contributed by atoms with Gasteiger partial charge in [0.1, 0.15) is 12.4 Å². The molecule has 0 spiro atoms. The lowest BCUT2D eigenvalue weighted by molar-refractivity contribution is -0.126. The average Bonchev–Trinajstić information content (AvgIpc) is 3.09. The minimum absolute atomic E-state index is 0.0174. The van der Waals surface area contributed by atoms with E-state index in [9.17, 15) is 9.59 Å². The molecular formula is C30H38BNO5. The van der Waals surface area contributed by atoms with Gasteiger partial charge >= 0.3 is 13.2 Å². The number of hydrogen-bond donors (Lipinski definition) is 0. The number of benzene rings is 2. The molecule has 3 saturated heterocycles. The molecule has 0 aliphatic carbocycles. The number of carbonyl (C=O) groups excluding carboxylic acids is 2. The highest BCUT2D eigenvalue weighted by atomic mass is 16.7. The van der Waals surface area contributed by atoms with E-state index in [0.717, 1.165) is 48.7 Å². The molecule has 196 valence electrons. The SMILES string of the molecule is CC1(C)OB(c2ccc(CC(=O)C3CC4CCCC(C3)N4C(=O)OCc3ccccc3)cc2)OC1(C)C. The van der Waals surface area contributed by atoms with Crippen LogP contribution in [0, 0.1) is 5.92 Å². The van der Waals surface area contributed by atoms with E-state index in [-0.39, 0.29) is 47.7 Å². The van der Waals surface area contributed by atoms with Crippen LogP contribution >= 0.6 is 0 Å². The van der Waals surface area contributed by atoms with Crippen LogP contribution in [0.1, 0.15) is 70.9 Å². The van der Waals surface area contributed by atoms with Crippen molar-refractivity contribution < 1.29 is 23.6 Å². The topological polar surface area (TPSA) is 65.1 Å². The Morgan fingerprint density at radius 1 is 0.892 bits per heavy atom. The Morgan fingerprint density at radius 2 is 1.49 bits per heavy atom. The Hall–Kier alpha value is -2.64. The van der Waals surface area contributed by atoms with Gasteiger partial charge in [-0.15, -0.1) is 0 Å². The lowest BCUT2D eigenvalue weighted by Crippen LogP contribution is -2.55. The number of fused-ring (bicyclic) bond motifs is 2. The van der Waals surface area contributed by atoms with E-state index in [1.807, 2.05) is 87.2 Å². The molecule has 1 amide bonds. The van der Waals surface area contributed by atoms with Crippen molar-refractivity contribution >= 4 is 24.5 Å². The van der Waals surface area contributed by atoms with Gasteiger partial charge in [-0.3, -0.25) is 4.79 Å². The Morgan fingerprint density at radius 3 is 2.08 bits per heavy atom. The monoisotopic (exact) mass is 503 g/mol. The maximum atomic E-state index is 13.3. The molecule has 0 radical (unpaired) electrons. The molecule has 0 aromatic heterocycles. The van der Waals surface area contributed by atoms with Gasteiger partial charge in [0.2, 0.25) is 0 Å². The molecule has 2 aromatic carbocycles. The number of nitrogens with zero attached hydrogens (tertiary/aromatic N) is 1. The molecule has 2 bridgehead atoms. The van der Waals surface area contributed by atoms with Crippen LogP contribution in [0.25, 0.3) is 0 Å². The van der Waals surface area contributed by atoms with Gasteiger partial charge in [-0.05, 0) is 76.4 Å². The largest absolute Gasteiger partial charge is 0.494 e. The van der Waals surface area contributed by atoms with Crippen LogP contribution < -0.4 is 5.46 Å². The molecule has 6 nitrogen and oxygen atoms in total. The van der Waals surface area contributed by atoms with E-state index in [0.29, 0.717) is 6.42 Å². The van der Waals surface area contributed by atoms with Crippen LogP contribution in [-0.2, 0) is 31.9 Å². The molecule has 3 aliphatic heterocycles. The van der Waals surface area contributed by atoms with Crippen molar-refractivity contribution in [1.29, 1.82) is 0 Å². The number of hydrogen-bond acceptors (Lipinski definition) is 5. The summed E-state index contributed by atoms with van der Waals surface area (Å²) in [6.07, 6.45) is 4.57.